The Kier molecular flexibility index (Phi) is 2.94. The molecular weight excluding hydrogens is 263 g/mol. The Morgan fingerprint density at radius 1 is 1.36 bits per heavy atom. The summed E-state index contributed by atoms with van der Waals surface area (Å²) in [6.07, 6.45) is -4.72. The van der Waals surface area contributed by atoms with Crippen molar-refractivity contribution in [3.63, 3.8) is 0 Å². The van der Waals surface area contributed by atoms with Crippen LogP contribution in [0.2, 0.25) is 0 Å². The maximum Gasteiger partial charge on any atom is 0.573 e. The number of hydrogen-bond acceptors (Lipinski definition) is 2. The second-order valence-electron chi connectivity index (χ2n) is 2.66. The number of anilines is 1. The van der Waals surface area contributed by atoms with Crippen molar-refractivity contribution in [3.8, 4) is 5.75 Å². The molecule has 1 aromatic rings. The molecule has 1 rings (SSSR count). The van der Waals surface area contributed by atoms with E-state index in [2.05, 4.69) is 20.7 Å². The van der Waals surface area contributed by atoms with Crippen molar-refractivity contribution in [2.24, 2.45) is 0 Å². The summed E-state index contributed by atoms with van der Waals surface area (Å²) in [5, 5.41) is 0. The van der Waals surface area contributed by atoms with Gasteiger partial charge in [0.25, 0.3) is 0 Å². The van der Waals surface area contributed by atoms with E-state index in [1.165, 1.54) is 12.1 Å². The van der Waals surface area contributed by atoms with Crippen molar-refractivity contribution in [1.29, 1.82) is 0 Å². The number of alkyl halides is 3. The highest BCUT2D eigenvalue weighted by molar-refractivity contribution is 9.10. The van der Waals surface area contributed by atoms with Gasteiger partial charge in [0.05, 0.1) is 5.69 Å². The zero-order chi connectivity index (χ0) is 10.9. The molecule has 6 heteroatoms. The molecule has 0 aromatic heterocycles. The normalized spacial score (nSPS) is 11.5. The van der Waals surface area contributed by atoms with E-state index in [1.807, 2.05) is 0 Å². The summed E-state index contributed by atoms with van der Waals surface area (Å²) < 4.78 is 39.7. The van der Waals surface area contributed by atoms with Crippen LogP contribution in [0.25, 0.3) is 0 Å². The minimum Gasteiger partial charge on any atom is -0.404 e. The van der Waals surface area contributed by atoms with E-state index in [0.29, 0.717) is 4.47 Å². The molecule has 0 amide bonds. The Morgan fingerprint density at radius 3 is 2.43 bits per heavy atom. The molecule has 0 unspecified atom stereocenters. The summed E-state index contributed by atoms with van der Waals surface area (Å²) >= 11 is 3.07. The fourth-order valence-corrected chi connectivity index (χ4v) is 1.23. The summed E-state index contributed by atoms with van der Waals surface area (Å²) in [6, 6.07) is 2.67. The fraction of sp³-hybridized carbons (Fsp3) is 0.250. The summed E-state index contributed by atoms with van der Waals surface area (Å²) in [4.78, 5) is 0. The van der Waals surface area contributed by atoms with Crippen LogP contribution in [0, 0.1) is 6.92 Å². The van der Waals surface area contributed by atoms with Crippen LogP contribution in [0.5, 0.6) is 5.75 Å². The van der Waals surface area contributed by atoms with Gasteiger partial charge in [0, 0.05) is 4.47 Å². The van der Waals surface area contributed by atoms with E-state index in [1.54, 1.807) is 6.92 Å². The van der Waals surface area contributed by atoms with E-state index in [-0.39, 0.29) is 5.69 Å². The molecule has 0 bridgehead atoms. The third-order valence-electron chi connectivity index (χ3n) is 1.56. The molecule has 0 aliphatic rings. The van der Waals surface area contributed by atoms with E-state index >= 15 is 0 Å². The second kappa shape index (κ2) is 3.68. The van der Waals surface area contributed by atoms with Crippen LogP contribution in [0.15, 0.2) is 16.6 Å². The van der Waals surface area contributed by atoms with Gasteiger partial charge in [-0.3, -0.25) is 0 Å². The minimum absolute atomic E-state index is 0.0534. The van der Waals surface area contributed by atoms with E-state index in [0.717, 1.165) is 5.56 Å². The Hall–Kier alpha value is -0.910. The van der Waals surface area contributed by atoms with Gasteiger partial charge in [-0.05, 0) is 34.5 Å². The molecule has 0 spiro atoms. The van der Waals surface area contributed by atoms with Crippen LogP contribution in [-0.4, -0.2) is 6.36 Å². The summed E-state index contributed by atoms with van der Waals surface area (Å²) in [6.45, 7) is 1.72. The Labute approximate surface area is 87.0 Å². The summed E-state index contributed by atoms with van der Waals surface area (Å²) in [5.74, 6) is -0.394. The lowest BCUT2D eigenvalue weighted by Gasteiger charge is -2.12. The first-order valence-electron chi connectivity index (χ1n) is 3.61. The molecule has 0 saturated carbocycles. The lowest BCUT2D eigenvalue weighted by molar-refractivity contribution is -0.274. The van der Waals surface area contributed by atoms with Crippen LogP contribution < -0.4 is 10.5 Å². The molecule has 0 atom stereocenters. The highest BCUT2D eigenvalue weighted by Gasteiger charge is 2.32. The van der Waals surface area contributed by atoms with Gasteiger partial charge in [0.1, 0.15) is 0 Å². The molecule has 0 aliphatic heterocycles. The molecule has 0 aliphatic carbocycles. The number of nitrogen functional groups attached to an aromatic ring is 1. The first-order chi connectivity index (χ1) is 6.31. The van der Waals surface area contributed by atoms with Crippen LogP contribution in [0.1, 0.15) is 5.56 Å². The zero-order valence-corrected chi connectivity index (χ0v) is 8.74. The number of rotatable bonds is 1. The van der Waals surface area contributed by atoms with Gasteiger partial charge in [-0.2, -0.15) is 0 Å². The molecule has 2 nitrogen and oxygen atoms in total. The summed E-state index contributed by atoms with van der Waals surface area (Å²) in [5.41, 5.74) is 6.11. The van der Waals surface area contributed by atoms with Gasteiger partial charge in [-0.15, -0.1) is 13.2 Å². The van der Waals surface area contributed by atoms with Gasteiger partial charge in [0.15, 0.2) is 5.75 Å². The third-order valence-corrected chi connectivity index (χ3v) is 2.61. The molecule has 0 heterocycles. The van der Waals surface area contributed by atoms with Crippen LogP contribution in [0.4, 0.5) is 18.9 Å². The van der Waals surface area contributed by atoms with E-state index in [9.17, 15) is 13.2 Å². The van der Waals surface area contributed by atoms with Crippen molar-refractivity contribution in [2.75, 3.05) is 5.73 Å². The number of halogens is 4. The number of ether oxygens (including phenoxy) is 1. The van der Waals surface area contributed by atoms with E-state index < -0.39 is 12.1 Å². The van der Waals surface area contributed by atoms with Crippen molar-refractivity contribution in [2.45, 2.75) is 13.3 Å². The maximum absolute atomic E-state index is 11.9. The topological polar surface area (TPSA) is 35.2 Å². The Bertz CT molecular complexity index is 351. The van der Waals surface area contributed by atoms with Crippen LogP contribution in [0.3, 0.4) is 0 Å². The highest BCUT2D eigenvalue weighted by Crippen LogP contribution is 2.35. The molecule has 1 aromatic carbocycles. The van der Waals surface area contributed by atoms with E-state index in [4.69, 9.17) is 5.73 Å². The van der Waals surface area contributed by atoms with Gasteiger partial charge in [-0.25, -0.2) is 0 Å². The lowest BCUT2D eigenvalue weighted by atomic mass is 10.2. The summed E-state index contributed by atoms with van der Waals surface area (Å²) in [7, 11) is 0. The molecular formula is C8H7BrF3NO. The number of hydrogen-bond donors (Lipinski definition) is 1. The SMILES string of the molecule is Cc1ccc(OC(F)(F)F)c(N)c1Br. The predicted octanol–water partition coefficient (Wildman–Crippen LogP) is 3.24. The molecule has 0 saturated heterocycles. The first-order valence-corrected chi connectivity index (χ1v) is 4.41. The Balaban J connectivity index is 3.06. The molecule has 78 valence electrons. The standard InChI is InChI=1S/C8H7BrF3NO/c1-4-2-3-5(7(13)6(4)9)14-8(10,11)12/h2-3H,13H2,1H3. The first kappa shape index (κ1) is 11.2. The number of nitrogens with two attached hydrogens (primary N) is 1. The average Bonchev–Trinajstić information content (AvgIpc) is 2.04. The van der Waals surface area contributed by atoms with Gasteiger partial charge in [-0.1, -0.05) is 6.07 Å². The van der Waals surface area contributed by atoms with Gasteiger partial charge in [0.2, 0.25) is 0 Å². The average molecular weight is 270 g/mol. The smallest absolute Gasteiger partial charge is 0.404 e. The fourth-order valence-electron chi connectivity index (χ4n) is 0.898. The minimum atomic E-state index is -4.72. The molecule has 0 radical (unpaired) electrons. The van der Waals surface area contributed by atoms with Crippen molar-refractivity contribution < 1.29 is 17.9 Å². The largest absolute Gasteiger partial charge is 0.573 e. The molecule has 0 fully saturated rings. The zero-order valence-electron chi connectivity index (χ0n) is 7.15. The second-order valence-corrected chi connectivity index (χ2v) is 3.45. The van der Waals surface area contributed by atoms with Crippen molar-refractivity contribution in [3.05, 3.63) is 22.2 Å². The predicted molar refractivity (Wildman–Crippen MR) is 50.0 cm³/mol. The maximum atomic E-state index is 11.9. The number of aryl methyl sites for hydroxylation is 1. The van der Waals surface area contributed by atoms with Crippen molar-refractivity contribution in [1.82, 2.24) is 0 Å². The molecule has 2 N–H and O–H groups in total. The monoisotopic (exact) mass is 269 g/mol. The quantitative estimate of drug-likeness (QED) is 0.795. The lowest BCUT2D eigenvalue weighted by Crippen LogP contribution is -2.18. The molecule has 14 heavy (non-hydrogen) atoms. The van der Waals surface area contributed by atoms with Gasteiger partial charge < -0.3 is 10.5 Å². The van der Waals surface area contributed by atoms with Gasteiger partial charge >= 0.3 is 6.36 Å². The van der Waals surface area contributed by atoms with Crippen LogP contribution in [-0.2, 0) is 0 Å². The highest BCUT2D eigenvalue weighted by atomic mass is 79.9. The third kappa shape index (κ3) is 2.54. The van der Waals surface area contributed by atoms with Crippen LogP contribution >= 0.6 is 15.9 Å². The van der Waals surface area contributed by atoms with Crippen molar-refractivity contribution >= 4 is 21.6 Å². The number of benzene rings is 1. The Morgan fingerprint density at radius 2 is 1.93 bits per heavy atom.